The first-order chi connectivity index (χ1) is 17.0. The molecule has 0 saturated heterocycles. The zero-order chi connectivity index (χ0) is 24.2. The summed E-state index contributed by atoms with van der Waals surface area (Å²) in [5.74, 6) is 2.79. The maximum absolute atomic E-state index is 7.44. The van der Waals surface area contributed by atoms with Gasteiger partial charge in [0.1, 0.15) is 17.3 Å². The number of nitrogens with zero attached hydrogens (tertiary/aromatic N) is 3. The summed E-state index contributed by atoms with van der Waals surface area (Å²) >= 11 is 0. The summed E-state index contributed by atoms with van der Waals surface area (Å²) in [5.41, 5.74) is 11.3. The molecule has 0 amide bonds. The highest BCUT2D eigenvalue weighted by Crippen LogP contribution is 2.44. The van der Waals surface area contributed by atoms with E-state index < -0.39 is 0 Å². The SMILES string of the molecule is Cc1nc(-c2ccccn2)c(Oc2ccnc(Nc3cccc(CCC(=N)N)c3)c2)cc1C1CC1. The van der Waals surface area contributed by atoms with Crippen LogP contribution in [-0.4, -0.2) is 20.8 Å². The van der Waals surface area contributed by atoms with Gasteiger partial charge in [0.05, 0.1) is 11.5 Å². The number of ether oxygens (including phenoxy) is 1. The summed E-state index contributed by atoms with van der Waals surface area (Å²) in [6.45, 7) is 2.06. The van der Waals surface area contributed by atoms with Gasteiger partial charge in [-0.25, -0.2) is 9.97 Å². The molecule has 0 radical (unpaired) electrons. The number of aromatic nitrogens is 3. The number of rotatable bonds is 9. The lowest BCUT2D eigenvalue weighted by molar-refractivity contribution is 0.480. The quantitative estimate of drug-likeness (QED) is 0.203. The predicted octanol–water partition coefficient (Wildman–Crippen LogP) is 6.13. The number of amidine groups is 1. The average Bonchev–Trinajstić information content (AvgIpc) is 3.70. The smallest absolute Gasteiger partial charge is 0.155 e. The number of benzene rings is 1. The molecular weight excluding hydrogens is 436 g/mol. The molecule has 1 saturated carbocycles. The van der Waals surface area contributed by atoms with Crippen LogP contribution >= 0.6 is 0 Å². The van der Waals surface area contributed by atoms with E-state index in [4.69, 9.17) is 20.9 Å². The fraction of sp³-hybridized carbons (Fsp3) is 0.214. The van der Waals surface area contributed by atoms with Crippen molar-refractivity contribution in [1.29, 1.82) is 5.41 Å². The van der Waals surface area contributed by atoms with Crippen LogP contribution < -0.4 is 15.8 Å². The van der Waals surface area contributed by atoms with Gasteiger partial charge >= 0.3 is 0 Å². The summed E-state index contributed by atoms with van der Waals surface area (Å²) in [4.78, 5) is 13.8. The Labute approximate surface area is 204 Å². The Kier molecular flexibility index (Phi) is 6.39. The molecule has 1 fully saturated rings. The number of nitrogens with one attached hydrogen (secondary N) is 2. The molecule has 7 nitrogen and oxygen atoms in total. The first kappa shape index (κ1) is 22.5. The maximum atomic E-state index is 7.44. The van der Waals surface area contributed by atoms with E-state index >= 15 is 0 Å². The van der Waals surface area contributed by atoms with E-state index in [0.29, 0.717) is 29.7 Å². The monoisotopic (exact) mass is 464 g/mol. The minimum absolute atomic E-state index is 0.190. The fourth-order valence-corrected chi connectivity index (χ4v) is 4.07. The lowest BCUT2D eigenvalue weighted by atomic mass is 10.1. The lowest BCUT2D eigenvalue weighted by Gasteiger charge is -2.15. The molecule has 3 heterocycles. The highest BCUT2D eigenvalue weighted by atomic mass is 16.5. The predicted molar refractivity (Wildman–Crippen MR) is 138 cm³/mol. The van der Waals surface area contributed by atoms with Crippen molar-refractivity contribution in [3.63, 3.8) is 0 Å². The van der Waals surface area contributed by atoms with Gasteiger partial charge in [0.15, 0.2) is 5.75 Å². The van der Waals surface area contributed by atoms with E-state index in [2.05, 4.69) is 28.3 Å². The highest BCUT2D eigenvalue weighted by molar-refractivity contribution is 5.77. The second-order valence-electron chi connectivity index (χ2n) is 8.83. The summed E-state index contributed by atoms with van der Waals surface area (Å²) in [5, 5.41) is 10.8. The maximum Gasteiger partial charge on any atom is 0.155 e. The number of anilines is 2. The zero-order valence-electron chi connectivity index (χ0n) is 19.7. The van der Waals surface area contributed by atoms with Crippen LogP contribution in [0.2, 0.25) is 0 Å². The molecule has 0 spiro atoms. The van der Waals surface area contributed by atoms with Crippen LogP contribution in [0.15, 0.2) is 73.1 Å². The van der Waals surface area contributed by atoms with Crippen LogP contribution in [0.4, 0.5) is 11.5 Å². The van der Waals surface area contributed by atoms with Crippen LogP contribution in [0.25, 0.3) is 11.4 Å². The Balaban J connectivity index is 1.40. The largest absolute Gasteiger partial charge is 0.455 e. The van der Waals surface area contributed by atoms with E-state index in [0.717, 1.165) is 34.8 Å². The molecule has 5 rings (SSSR count). The molecule has 0 atom stereocenters. The van der Waals surface area contributed by atoms with Gasteiger partial charge in [-0.15, -0.1) is 0 Å². The second kappa shape index (κ2) is 9.93. The van der Waals surface area contributed by atoms with Crippen molar-refractivity contribution in [3.05, 3.63) is 89.9 Å². The van der Waals surface area contributed by atoms with Crippen LogP contribution in [0.3, 0.4) is 0 Å². The topological polar surface area (TPSA) is 110 Å². The Morgan fingerprint density at radius 3 is 2.71 bits per heavy atom. The van der Waals surface area contributed by atoms with E-state index in [-0.39, 0.29) is 5.84 Å². The van der Waals surface area contributed by atoms with Gasteiger partial charge in [-0.3, -0.25) is 10.4 Å². The molecule has 1 aliphatic carbocycles. The van der Waals surface area contributed by atoms with E-state index in [1.165, 1.54) is 18.4 Å². The first-order valence-corrected chi connectivity index (χ1v) is 11.8. The van der Waals surface area contributed by atoms with E-state index in [1.54, 1.807) is 12.4 Å². The molecule has 4 aromatic rings. The Bertz CT molecular complexity index is 1350. The molecule has 4 N–H and O–H groups in total. The standard InChI is InChI=1S/C28H28N6O/c1-18-23(20-9-10-20)17-25(28(33-18)24-7-2-3-13-31-24)35-22-12-14-32-27(16-22)34-21-6-4-5-19(15-21)8-11-26(29)30/h2-7,12-17,20H,8-11H2,1H3,(H3,29,30)(H,32,34). The minimum atomic E-state index is 0.190. The third-order valence-corrected chi connectivity index (χ3v) is 5.98. The number of hydrogen-bond donors (Lipinski definition) is 3. The molecule has 0 aliphatic heterocycles. The number of aryl methyl sites for hydroxylation is 2. The molecule has 176 valence electrons. The molecule has 3 aromatic heterocycles. The third kappa shape index (κ3) is 5.63. The minimum Gasteiger partial charge on any atom is -0.455 e. The zero-order valence-corrected chi connectivity index (χ0v) is 19.7. The third-order valence-electron chi connectivity index (χ3n) is 5.98. The van der Waals surface area contributed by atoms with Crippen molar-refractivity contribution < 1.29 is 4.74 Å². The molecule has 0 unspecified atom stereocenters. The normalized spacial score (nSPS) is 12.8. The first-order valence-electron chi connectivity index (χ1n) is 11.8. The number of hydrogen-bond acceptors (Lipinski definition) is 6. The van der Waals surface area contributed by atoms with E-state index in [1.807, 2.05) is 54.6 Å². The summed E-state index contributed by atoms with van der Waals surface area (Å²) in [6.07, 6.45) is 7.14. The van der Waals surface area contributed by atoms with E-state index in [9.17, 15) is 0 Å². The van der Waals surface area contributed by atoms with Gasteiger partial charge in [-0.1, -0.05) is 18.2 Å². The van der Waals surface area contributed by atoms with Gasteiger partial charge < -0.3 is 15.8 Å². The number of pyridine rings is 3. The van der Waals surface area contributed by atoms with Gasteiger partial charge in [-0.05, 0) is 79.6 Å². The lowest BCUT2D eigenvalue weighted by Crippen LogP contribution is -2.10. The fourth-order valence-electron chi connectivity index (χ4n) is 4.07. The molecule has 1 aliphatic rings. The Morgan fingerprint density at radius 2 is 1.94 bits per heavy atom. The van der Waals surface area contributed by atoms with Crippen molar-refractivity contribution in [3.8, 4) is 22.9 Å². The van der Waals surface area contributed by atoms with Crippen LogP contribution in [-0.2, 0) is 6.42 Å². The van der Waals surface area contributed by atoms with Gasteiger partial charge in [-0.2, -0.15) is 0 Å². The summed E-state index contributed by atoms with van der Waals surface area (Å²) in [6, 6.07) is 19.7. The summed E-state index contributed by atoms with van der Waals surface area (Å²) < 4.78 is 6.38. The Hall–Kier alpha value is -4.26. The van der Waals surface area contributed by atoms with Crippen LogP contribution in [0, 0.1) is 12.3 Å². The molecule has 35 heavy (non-hydrogen) atoms. The van der Waals surface area contributed by atoms with Gasteiger partial charge in [0.2, 0.25) is 0 Å². The second-order valence-corrected chi connectivity index (χ2v) is 8.83. The van der Waals surface area contributed by atoms with Crippen LogP contribution in [0.5, 0.6) is 11.5 Å². The Morgan fingerprint density at radius 1 is 1.06 bits per heavy atom. The van der Waals surface area contributed by atoms with Gasteiger partial charge in [0.25, 0.3) is 0 Å². The molecular formula is C28H28N6O. The van der Waals surface area contributed by atoms with Crippen molar-refractivity contribution in [2.24, 2.45) is 5.73 Å². The van der Waals surface area contributed by atoms with Crippen molar-refractivity contribution >= 4 is 17.3 Å². The average molecular weight is 465 g/mol. The van der Waals surface area contributed by atoms with Crippen molar-refractivity contribution in [1.82, 2.24) is 15.0 Å². The van der Waals surface area contributed by atoms with Gasteiger partial charge in [0, 0.05) is 36.3 Å². The molecule has 1 aromatic carbocycles. The molecule has 0 bridgehead atoms. The van der Waals surface area contributed by atoms with Crippen molar-refractivity contribution in [2.75, 3.05) is 5.32 Å². The molecule has 7 heteroatoms. The number of nitrogens with two attached hydrogens (primary N) is 1. The summed E-state index contributed by atoms with van der Waals surface area (Å²) in [7, 11) is 0. The highest BCUT2D eigenvalue weighted by Gasteiger charge is 2.27. The van der Waals surface area contributed by atoms with Crippen LogP contribution in [0.1, 0.15) is 42.0 Å². The van der Waals surface area contributed by atoms with Crippen molar-refractivity contribution in [2.45, 2.75) is 38.5 Å².